The van der Waals surface area contributed by atoms with Crippen LogP contribution in [0.5, 0.6) is 0 Å². The zero-order chi connectivity index (χ0) is 12.1. The molecule has 2 rings (SSSR count). The van der Waals surface area contributed by atoms with E-state index in [1.807, 2.05) is 37.3 Å². The molecule has 0 N–H and O–H groups in total. The molecular weight excluding hydrogens is 232 g/mol. The topological polar surface area (TPSA) is 26.3 Å². The number of rotatable bonds is 4. The van der Waals surface area contributed by atoms with E-state index in [9.17, 15) is 4.79 Å². The number of Topliss-reactive ketones (excluding diaryl/α,β-unsaturated/α-hetero) is 1. The van der Waals surface area contributed by atoms with Crippen molar-refractivity contribution in [1.82, 2.24) is 0 Å². The Morgan fingerprint density at radius 1 is 1.47 bits per heavy atom. The Morgan fingerprint density at radius 2 is 2.29 bits per heavy atom. The predicted octanol–water partition coefficient (Wildman–Crippen LogP) is 3.67. The highest BCUT2D eigenvalue weighted by Gasteiger charge is 2.24. The van der Waals surface area contributed by atoms with Crippen LogP contribution < -0.4 is 0 Å². The van der Waals surface area contributed by atoms with Crippen LogP contribution >= 0.6 is 11.8 Å². The summed E-state index contributed by atoms with van der Waals surface area (Å²) >= 11 is 1.79. The fraction of sp³-hybridized carbons (Fsp3) is 0.357. The summed E-state index contributed by atoms with van der Waals surface area (Å²) in [5.41, 5.74) is 0.877. The Balaban J connectivity index is 1.99. The molecule has 2 nitrogen and oxygen atoms in total. The Hall–Kier alpha value is -1.22. The lowest BCUT2D eigenvalue weighted by Crippen LogP contribution is -2.16. The van der Waals surface area contributed by atoms with Crippen LogP contribution in [0, 0.1) is 0 Å². The van der Waals surface area contributed by atoms with E-state index >= 15 is 0 Å². The summed E-state index contributed by atoms with van der Waals surface area (Å²) in [7, 11) is 0. The third kappa shape index (κ3) is 3.13. The summed E-state index contributed by atoms with van der Waals surface area (Å²) in [4.78, 5) is 13.0. The number of thioether (sulfide) groups is 1. The number of allylic oxidation sites excluding steroid dienone is 1. The molecule has 1 aromatic rings. The molecule has 1 aliphatic heterocycles. The van der Waals surface area contributed by atoms with E-state index in [0.29, 0.717) is 18.3 Å². The van der Waals surface area contributed by atoms with Crippen LogP contribution in [0.4, 0.5) is 0 Å². The highest BCUT2D eigenvalue weighted by Crippen LogP contribution is 2.36. The molecule has 0 amide bonds. The normalized spacial score (nSPS) is 19.4. The molecule has 0 saturated carbocycles. The number of hydrogen-bond donors (Lipinski definition) is 0. The van der Waals surface area contributed by atoms with Gasteiger partial charge in [-0.3, -0.25) is 4.79 Å². The lowest BCUT2D eigenvalue weighted by Gasteiger charge is -2.21. The summed E-state index contributed by atoms with van der Waals surface area (Å²) in [6, 6.07) is 7.84. The molecule has 0 bridgehead atoms. The average Bonchev–Trinajstić information content (AvgIpc) is 2.35. The molecule has 1 aromatic carbocycles. The first-order chi connectivity index (χ1) is 8.31. The van der Waals surface area contributed by atoms with Crippen LogP contribution in [0.2, 0.25) is 0 Å². The van der Waals surface area contributed by atoms with Crippen molar-refractivity contribution in [1.29, 1.82) is 0 Å². The number of ether oxygens (including phenoxy) is 1. The number of benzene rings is 1. The van der Waals surface area contributed by atoms with Gasteiger partial charge in [-0.05, 0) is 25.5 Å². The molecular formula is C14H16O2S. The molecule has 17 heavy (non-hydrogen) atoms. The van der Waals surface area contributed by atoms with Crippen LogP contribution in [0.3, 0.4) is 0 Å². The lowest BCUT2D eigenvalue weighted by molar-refractivity contribution is 0.0977. The molecule has 0 spiro atoms. The lowest BCUT2D eigenvalue weighted by atomic mass is 10.0. The average molecular weight is 248 g/mol. The van der Waals surface area contributed by atoms with Gasteiger partial charge in [0.05, 0.1) is 12.9 Å². The summed E-state index contributed by atoms with van der Waals surface area (Å²) in [6.45, 7) is 2.65. The molecule has 0 fully saturated rings. The van der Waals surface area contributed by atoms with Gasteiger partial charge in [0.1, 0.15) is 0 Å². The van der Waals surface area contributed by atoms with Crippen LogP contribution in [0.25, 0.3) is 0 Å². The Kier molecular flexibility index (Phi) is 4.26. The number of hydrogen-bond acceptors (Lipinski definition) is 3. The SMILES string of the molecule is CCO/C=C/CC1CC(=O)c2ccccc2S1. The van der Waals surface area contributed by atoms with Crippen molar-refractivity contribution in [3.8, 4) is 0 Å². The molecule has 1 atom stereocenters. The maximum atomic E-state index is 11.9. The zero-order valence-electron chi connectivity index (χ0n) is 9.89. The van der Waals surface area contributed by atoms with Gasteiger partial charge in [-0.15, -0.1) is 11.8 Å². The van der Waals surface area contributed by atoms with E-state index in [1.165, 1.54) is 0 Å². The monoisotopic (exact) mass is 248 g/mol. The van der Waals surface area contributed by atoms with E-state index in [1.54, 1.807) is 18.0 Å². The summed E-state index contributed by atoms with van der Waals surface area (Å²) in [5, 5.41) is 0.342. The molecule has 0 aromatic heterocycles. The van der Waals surface area contributed by atoms with Crippen molar-refractivity contribution in [3.63, 3.8) is 0 Å². The highest BCUT2D eigenvalue weighted by molar-refractivity contribution is 8.00. The Bertz CT molecular complexity index is 426. The molecule has 1 heterocycles. The van der Waals surface area contributed by atoms with Crippen LogP contribution in [-0.2, 0) is 4.74 Å². The van der Waals surface area contributed by atoms with Crippen LogP contribution in [-0.4, -0.2) is 17.6 Å². The van der Waals surface area contributed by atoms with Gasteiger partial charge < -0.3 is 4.74 Å². The molecule has 3 heteroatoms. The van der Waals surface area contributed by atoms with E-state index in [0.717, 1.165) is 16.9 Å². The second-order valence-electron chi connectivity index (χ2n) is 3.93. The Labute approximate surface area is 106 Å². The van der Waals surface area contributed by atoms with Crippen molar-refractivity contribution >= 4 is 17.5 Å². The quantitative estimate of drug-likeness (QED) is 0.760. The number of carbonyl (C=O) groups is 1. The van der Waals surface area contributed by atoms with E-state index in [4.69, 9.17) is 4.74 Å². The summed E-state index contributed by atoms with van der Waals surface area (Å²) in [5.74, 6) is 0.258. The minimum absolute atomic E-state index is 0.258. The van der Waals surface area contributed by atoms with Gasteiger partial charge in [0, 0.05) is 22.1 Å². The van der Waals surface area contributed by atoms with Crippen molar-refractivity contribution in [2.75, 3.05) is 6.61 Å². The van der Waals surface area contributed by atoms with E-state index < -0.39 is 0 Å². The van der Waals surface area contributed by atoms with Crippen molar-refractivity contribution in [2.24, 2.45) is 0 Å². The molecule has 0 saturated heterocycles. The van der Waals surface area contributed by atoms with Gasteiger partial charge in [0.25, 0.3) is 0 Å². The van der Waals surface area contributed by atoms with Crippen molar-refractivity contribution < 1.29 is 9.53 Å². The largest absolute Gasteiger partial charge is 0.502 e. The number of ketones is 1. The van der Waals surface area contributed by atoms with E-state index in [2.05, 4.69) is 0 Å². The maximum absolute atomic E-state index is 11.9. The first-order valence-electron chi connectivity index (χ1n) is 5.86. The van der Waals surface area contributed by atoms with Gasteiger partial charge in [0.2, 0.25) is 0 Å². The maximum Gasteiger partial charge on any atom is 0.165 e. The smallest absolute Gasteiger partial charge is 0.165 e. The molecule has 0 aliphatic carbocycles. The highest BCUT2D eigenvalue weighted by atomic mass is 32.2. The van der Waals surface area contributed by atoms with Crippen LogP contribution in [0.1, 0.15) is 30.1 Å². The first-order valence-corrected chi connectivity index (χ1v) is 6.74. The first kappa shape index (κ1) is 12.2. The van der Waals surface area contributed by atoms with Gasteiger partial charge in [-0.25, -0.2) is 0 Å². The minimum atomic E-state index is 0.258. The molecule has 1 aliphatic rings. The molecule has 0 radical (unpaired) electrons. The zero-order valence-corrected chi connectivity index (χ0v) is 10.7. The van der Waals surface area contributed by atoms with Crippen LogP contribution in [0.15, 0.2) is 41.5 Å². The fourth-order valence-corrected chi connectivity index (χ4v) is 3.11. The van der Waals surface area contributed by atoms with E-state index in [-0.39, 0.29) is 5.78 Å². The Morgan fingerprint density at radius 3 is 3.12 bits per heavy atom. The van der Waals surface area contributed by atoms with Gasteiger partial charge >= 0.3 is 0 Å². The number of carbonyl (C=O) groups excluding carboxylic acids is 1. The third-order valence-electron chi connectivity index (χ3n) is 2.65. The molecule has 1 unspecified atom stereocenters. The second kappa shape index (κ2) is 5.92. The molecule has 90 valence electrons. The van der Waals surface area contributed by atoms with Crippen molar-refractivity contribution in [3.05, 3.63) is 42.2 Å². The summed E-state index contributed by atoms with van der Waals surface area (Å²) < 4.78 is 5.15. The second-order valence-corrected chi connectivity index (χ2v) is 5.27. The standard InChI is InChI=1S/C14H16O2S/c1-2-16-9-5-6-11-10-13(15)12-7-3-4-8-14(12)17-11/h3-5,7-9,11H,2,6,10H2,1H3/b9-5+. The van der Waals surface area contributed by atoms with Gasteiger partial charge in [0.15, 0.2) is 5.78 Å². The fourth-order valence-electron chi connectivity index (χ4n) is 1.84. The van der Waals surface area contributed by atoms with Gasteiger partial charge in [-0.2, -0.15) is 0 Å². The minimum Gasteiger partial charge on any atom is -0.502 e. The summed E-state index contributed by atoms with van der Waals surface area (Å²) in [6.07, 6.45) is 5.23. The van der Waals surface area contributed by atoms with Gasteiger partial charge in [-0.1, -0.05) is 18.2 Å². The number of fused-ring (bicyclic) bond motifs is 1. The predicted molar refractivity (Wildman–Crippen MR) is 70.4 cm³/mol. The van der Waals surface area contributed by atoms with Crippen molar-refractivity contribution in [2.45, 2.75) is 29.9 Å². The third-order valence-corrected chi connectivity index (χ3v) is 3.95.